The molecule has 17 heavy (non-hydrogen) atoms. The van der Waals surface area contributed by atoms with Crippen LogP contribution in [0.1, 0.15) is 24.9 Å². The first kappa shape index (κ1) is 13.3. The molecule has 1 N–H and O–H groups in total. The van der Waals surface area contributed by atoms with E-state index in [4.69, 9.17) is 9.52 Å². The van der Waals surface area contributed by atoms with Gasteiger partial charge in [-0.15, -0.1) is 0 Å². The number of furan rings is 1. The number of carboxylic acids is 1. The number of carbonyl (C=O) groups excluding carboxylic acids is 1. The largest absolute Gasteiger partial charge is 0.481 e. The first-order chi connectivity index (χ1) is 7.90. The second-order valence-corrected chi connectivity index (χ2v) is 4.21. The zero-order chi connectivity index (χ0) is 13.0. The number of aliphatic carboxylic acids is 1. The molecule has 0 aliphatic heterocycles. The van der Waals surface area contributed by atoms with Gasteiger partial charge >= 0.3 is 5.97 Å². The Hall–Kier alpha value is -1.78. The van der Waals surface area contributed by atoms with Crippen LogP contribution >= 0.6 is 0 Å². The molecule has 0 bridgehead atoms. The smallest absolute Gasteiger partial charge is 0.306 e. The summed E-state index contributed by atoms with van der Waals surface area (Å²) in [6, 6.07) is 3.63. The van der Waals surface area contributed by atoms with Crippen LogP contribution in [0.4, 0.5) is 0 Å². The number of carboxylic acid groups (broad SMARTS) is 1. The molecule has 0 aliphatic carbocycles. The first-order valence-corrected chi connectivity index (χ1v) is 5.42. The maximum atomic E-state index is 11.7. The minimum atomic E-state index is -0.958. The van der Waals surface area contributed by atoms with E-state index in [9.17, 15) is 9.59 Å². The Bertz CT molecular complexity index is 410. The van der Waals surface area contributed by atoms with Gasteiger partial charge in [0.05, 0.1) is 12.5 Å². The van der Waals surface area contributed by atoms with Crippen LogP contribution in [0.15, 0.2) is 16.5 Å². The van der Waals surface area contributed by atoms with Gasteiger partial charge in [0.15, 0.2) is 0 Å². The van der Waals surface area contributed by atoms with Crippen molar-refractivity contribution in [3.8, 4) is 0 Å². The molecule has 94 valence electrons. The number of rotatable bonds is 5. The molecule has 0 saturated heterocycles. The highest BCUT2D eigenvalue weighted by atomic mass is 16.4. The fourth-order valence-corrected chi connectivity index (χ4v) is 1.40. The van der Waals surface area contributed by atoms with Crippen molar-refractivity contribution in [1.29, 1.82) is 0 Å². The van der Waals surface area contributed by atoms with Crippen molar-refractivity contribution in [2.45, 2.75) is 26.8 Å². The van der Waals surface area contributed by atoms with Crippen molar-refractivity contribution in [1.82, 2.24) is 4.90 Å². The van der Waals surface area contributed by atoms with E-state index in [2.05, 4.69) is 0 Å². The number of carbonyl (C=O) groups is 2. The van der Waals surface area contributed by atoms with Crippen LogP contribution in [-0.2, 0) is 16.1 Å². The van der Waals surface area contributed by atoms with Gasteiger partial charge in [-0.3, -0.25) is 9.59 Å². The molecule has 1 aromatic rings. The van der Waals surface area contributed by atoms with Gasteiger partial charge in [0.25, 0.3) is 0 Å². The minimum Gasteiger partial charge on any atom is -0.481 e. The quantitative estimate of drug-likeness (QED) is 0.848. The number of hydrogen-bond acceptors (Lipinski definition) is 3. The Morgan fingerprint density at radius 1 is 1.47 bits per heavy atom. The van der Waals surface area contributed by atoms with Crippen molar-refractivity contribution < 1.29 is 19.1 Å². The Morgan fingerprint density at radius 3 is 2.59 bits per heavy atom. The summed E-state index contributed by atoms with van der Waals surface area (Å²) in [5, 5.41) is 8.72. The van der Waals surface area contributed by atoms with Gasteiger partial charge in [-0.2, -0.15) is 0 Å². The standard InChI is InChI=1S/C12H17NO4/c1-8(12(15)16)6-11(14)13(3)7-10-5-4-9(2)17-10/h4-5,8H,6-7H2,1-3H3,(H,15,16). The van der Waals surface area contributed by atoms with Crippen molar-refractivity contribution in [3.05, 3.63) is 23.7 Å². The molecule has 5 heteroatoms. The summed E-state index contributed by atoms with van der Waals surface area (Å²) in [5.41, 5.74) is 0. The highest BCUT2D eigenvalue weighted by Gasteiger charge is 2.19. The Balaban J connectivity index is 2.50. The van der Waals surface area contributed by atoms with Crippen LogP contribution in [0.25, 0.3) is 0 Å². The lowest BCUT2D eigenvalue weighted by molar-refractivity contribution is -0.145. The number of hydrogen-bond donors (Lipinski definition) is 1. The van der Waals surface area contributed by atoms with E-state index in [1.807, 2.05) is 13.0 Å². The van der Waals surface area contributed by atoms with Gasteiger partial charge in [-0.05, 0) is 19.1 Å². The monoisotopic (exact) mass is 239 g/mol. The Morgan fingerprint density at radius 2 is 2.12 bits per heavy atom. The van der Waals surface area contributed by atoms with Crippen molar-refractivity contribution >= 4 is 11.9 Å². The Kier molecular flexibility index (Phi) is 4.31. The van der Waals surface area contributed by atoms with E-state index < -0.39 is 11.9 Å². The summed E-state index contributed by atoms with van der Waals surface area (Å²) in [4.78, 5) is 23.8. The molecule has 1 atom stereocenters. The lowest BCUT2D eigenvalue weighted by atomic mass is 10.1. The molecule has 0 saturated carbocycles. The number of aryl methyl sites for hydroxylation is 1. The molecular weight excluding hydrogens is 222 g/mol. The molecule has 1 aromatic heterocycles. The van der Waals surface area contributed by atoms with Crippen LogP contribution in [0.3, 0.4) is 0 Å². The molecule has 0 radical (unpaired) electrons. The third-order valence-corrected chi connectivity index (χ3v) is 2.52. The molecule has 1 rings (SSSR count). The second-order valence-electron chi connectivity index (χ2n) is 4.21. The summed E-state index contributed by atoms with van der Waals surface area (Å²) < 4.78 is 5.35. The maximum absolute atomic E-state index is 11.7. The SMILES string of the molecule is Cc1ccc(CN(C)C(=O)CC(C)C(=O)O)o1. The molecular formula is C12H17NO4. The molecule has 1 heterocycles. The molecule has 0 aliphatic rings. The molecule has 0 spiro atoms. The van der Waals surface area contributed by atoms with Gasteiger partial charge in [0.1, 0.15) is 11.5 Å². The van der Waals surface area contributed by atoms with E-state index in [0.717, 1.165) is 5.76 Å². The fraction of sp³-hybridized carbons (Fsp3) is 0.500. The average molecular weight is 239 g/mol. The van der Waals surface area contributed by atoms with Gasteiger partial charge < -0.3 is 14.4 Å². The predicted octanol–water partition coefficient (Wildman–Crippen LogP) is 1.66. The fourth-order valence-electron chi connectivity index (χ4n) is 1.40. The lowest BCUT2D eigenvalue weighted by Gasteiger charge is -2.16. The zero-order valence-electron chi connectivity index (χ0n) is 10.3. The van der Waals surface area contributed by atoms with Crippen molar-refractivity contribution in [2.24, 2.45) is 5.92 Å². The van der Waals surface area contributed by atoms with Gasteiger partial charge in [-0.1, -0.05) is 6.92 Å². The summed E-state index contributed by atoms with van der Waals surface area (Å²) in [5.74, 6) is -0.334. The predicted molar refractivity (Wildman–Crippen MR) is 61.3 cm³/mol. The third-order valence-electron chi connectivity index (χ3n) is 2.52. The van der Waals surface area contributed by atoms with E-state index in [-0.39, 0.29) is 12.3 Å². The van der Waals surface area contributed by atoms with Crippen molar-refractivity contribution in [2.75, 3.05) is 7.05 Å². The first-order valence-electron chi connectivity index (χ1n) is 5.42. The highest BCUT2D eigenvalue weighted by Crippen LogP contribution is 2.11. The molecule has 5 nitrogen and oxygen atoms in total. The average Bonchev–Trinajstić information content (AvgIpc) is 2.63. The Labute approximate surface area is 100 Å². The topological polar surface area (TPSA) is 70.8 Å². The lowest BCUT2D eigenvalue weighted by Crippen LogP contribution is -2.29. The zero-order valence-corrected chi connectivity index (χ0v) is 10.3. The van der Waals surface area contributed by atoms with Gasteiger partial charge in [-0.25, -0.2) is 0 Å². The van der Waals surface area contributed by atoms with Crippen LogP contribution in [0.5, 0.6) is 0 Å². The van der Waals surface area contributed by atoms with E-state index in [1.165, 1.54) is 11.8 Å². The van der Waals surface area contributed by atoms with Gasteiger partial charge in [0.2, 0.25) is 5.91 Å². The normalized spacial score (nSPS) is 12.2. The summed E-state index contributed by atoms with van der Waals surface area (Å²) in [6.07, 6.45) is 0.00548. The van der Waals surface area contributed by atoms with E-state index >= 15 is 0 Å². The second kappa shape index (κ2) is 5.52. The molecule has 1 unspecified atom stereocenters. The highest BCUT2D eigenvalue weighted by molar-refractivity contribution is 5.81. The van der Waals surface area contributed by atoms with Crippen LogP contribution in [0, 0.1) is 12.8 Å². The maximum Gasteiger partial charge on any atom is 0.306 e. The van der Waals surface area contributed by atoms with Gasteiger partial charge in [0, 0.05) is 13.5 Å². The van der Waals surface area contributed by atoms with E-state index in [0.29, 0.717) is 12.3 Å². The summed E-state index contributed by atoms with van der Waals surface area (Å²) in [6.45, 7) is 3.71. The number of amides is 1. The minimum absolute atomic E-state index is 0.00548. The van der Waals surface area contributed by atoms with Crippen LogP contribution in [-0.4, -0.2) is 28.9 Å². The van der Waals surface area contributed by atoms with Crippen LogP contribution in [0.2, 0.25) is 0 Å². The summed E-state index contributed by atoms with van der Waals surface area (Å²) >= 11 is 0. The summed E-state index contributed by atoms with van der Waals surface area (Å²) in [7, 11) is 1.63. The van der Waals surface area contributed by atoms with E-state index in [1.54, 1.807) is 13.1 Å². The third kappa shape index (κ3) is 3.94. The molecule has 1 amide bonds. The molecule has 0 fully saturated rings. The number of nitrogens with zero attached hydrogens (tertiary/aromatic N) is 1. The molecule has 0 aromatic carbocycles. The van der Waals surface area contributed by atoms with Crippen molar-refractivity contribution in [3.63, 3.8) is 0 Å². The van der Waals surface area contributed by atoms with Crippen LogP contribution < -0.4 is 0 Å².